The molecule has 2 heterocycles. The minimum absolute atomic E-state index is 0.146. The second-order valence-electron chi connectivity index (χ2n) is 7.66. The molecule has 1 saturated carbocycles. The second-order valence-corrected chi connectivity index (χ2v) is 7.85. The summed E-state index contributed by atoms with van der Waals surface area (Å²) < 4.78 is 13.5. The Morgan fingerprint density at radius 1 is 1.42 bits per heavy atom. The first-order valence-corrected chi connectivity index (χ1v) is 9.29. The molecule has 26 heavy (non-hydrogen) atoms. The Balaban J connectivity index is 1.30. The monoisotopic (exact) mass is 376 g/mol. The quantitative estimate of drug-likeness (QED) is 0.787. The molecule has 1 aliphatic carbocycles. The largest absolute Gasteiger partial charge is 0.310 e. The van der Waals surface area contributed by atoms with E-state index in [4.69, 9.17) is 11.8 Å². The van der Waals surface area contributed by atoms with Crippen LogP contribution in [0.2, 0.25) is 0 Å². The van der Waals surface area contributed by atoms with Gasteiger partial charge < -0.3 is 5.32 Å². The normalized spacial score (nSPS) is 20.6. The third kappa shape index (κ3) is 3.17. The SMILES string of the molecule is CC(C(=O)NCl)N1CC2(CC(NCc3ccnc4ccc(F)cc34)C2)C1. The predicted octanol–water partition coefficient (Wildman–Crippen LogP) is 2.59. The van der Waals surface area contributed by atoms with Crippen LogP contribution >= 0.6 is 11.8 Å². The van der Waals surface area contributed by atoms with Gasteiger partial charge in [-0.2, -0.15) is 0 Å². The molecular weight excluding hydrogens is 355 g/mol. The minimum atomic E-state index is -0.237. The first-order valence-electron chi connectivity index (χ1n) is 8.91. The summed E-state index contributed by atoms with van der Waals surface area (Å²) in [5.41, 5.74) is 2.22. The van der Waals surface area contributed by atoms with Gasteiger partial charge >= 0.3 is 0 Å². The van der Waals surface area contributed by atoms with Crippen molar-refractivity contribution in [1.29, 1.82) is 0 Å². The van der Waals surface area contributed by atoms with Gasteiger partial charge in [-0.3, -0.25) is 19.5 Å². The summed E-state index contributed by atoms with van der Waals surface area (Å²) in [5, 5.41) is 4.44. The van der Waals surface area contributed by atoms with Gasteiger partial charge in [0.2, 0.25) is 0 Å². The van der Waals surface area contributed by atoms with E-state index >= 15 is 0 Å². The molecular formula is C19H22ClFN4O. The number of amides is 1. The van der Waals surface area contributed by atoms with E-state index in [1.54, 1.807) is 18.3 Å². The number of likely N-dealkylation sites (tertiary alicyclic amines) is 1. The summed E-state index contributed by atoms with van der Waals surface area (Å²) in [4.78, 5) is 20.2. The lowest BCUT2D eigenvalue weighted by Crippen LogP contribution is -2.68. The zero-order valence-electron chi connectivity index (χ0n) is 14.6. The lowest BCUT2D eigenvalue weighted by Gasteiger charge is -2.60. The zero-order valence-corrected chi connectivity index (χ0v) is 15.4. The molecule has 1 amide bonds. The molecule has 1 unspecified atom stereocenters. The molecule has 2 N–H and O–H groups in total. The zero-order chi connectivity index (χ0) is 18.3. The summed E-state index contributed by atoms with van der Waals surface area (Å²) in [6.45, 7) is 4.48. The van der Waals surface area contributed by atoms with Gasteiger partial charge in [-0.15, -0.1) is 0 Å². The third-order valence-corrected chi connectivity index (χ3v) is 6.02. The van der Waals surface area contributed by atoms with Crippen LogP contribution in [0.25, 0.3) is 10.9 Å². The van der Waals surface area contributed by atoms with Crippen molar-refractivity contribution in [3.05, 3.63) is 41.8 Å². The third-order valence-electron chi connectivity index (χ3n) is 5.83. The van der Waals surface area contributed by atoms with Crippen LogP contribution in [0.5, 0.6) is 0 Å². The molecule has 2 aliphatic rings. The molecule has 1 spiro atoms. The van der Waals surface area contributed by atoms with E-state index < -0.39 is 0 Å². The Morgan fingerprint density at radius 3 is 2.92 bits per heavy atom. The van der Waals surface area contributed by atoms with Crippen LogP contribution in [0.15, 0.2) is 30.5 Å². The highest BCUT2D eigenvalue weighted by atomic mass is 35.5. The summed E-state index contributed by atoms with van der Waals surface area (Å²) in [5.74, 6) is -0.383. The Hall–Kier alpha value is -1.76. The van der Waals surface area contributed by atoms with Crippen molar-refractivity contribution in [2.45, 2.75) is 38.4 Å². The average molecular weight is 377 g/mol. The molecule has 1 atom stereocenters. The molecule has 7 heteroatoms. The number of aromatic nitrogens is 1. The van der Waals surface area contributed by atoms with E-state index in [0.717, 1.165) is 42.4 Å². The summed E-state index contributed by atoms with van der Waals surface area (Å²) >= 11 is 5.40. The van der Waals surface area contributed by atoms with Crippen LogP contribution in [-0.4, -0.2) is 41.0 Å². The highest BCUT2D eigenvalue weighted by Crippen LogP contribution is 2.49. The lowest BCUT2D eigenvalue weighted by molar-refractivity contribution is -0.137. The number of nitrogens with one attached hydrogen (secondary N) is 2. The summed E-state index contributed by atoms with van der Waals surface area (Å²) in [6, 6.07) is 6.94. The Labute approximate surface area is 157 Å². The number of nitrogens with zero attached hydrogens (tertiary/aromatic N) is 2. The van der Waals surface area contributed by atoms with Crippen LogP contribution in [0.1, 0.15) is 25.3 Å². The molecule has 1 aromatic carbocycles. The lowest BCUT2D eigenvalue weighted by atomic mass is 9.60. The van der Waals surface area contributed by atoms with E-state index in [-0.39, 0.29) is 17.8 Å². The molecule has 2 aromatic rings. The van der Waals surface area contributed by atoms with Crippen molar-refractivity contribution in [3.8, 4) is 0 Å². The van der Waals surface area contributed by atoms with E-state index in [9.17, 15) is 9.18 Å². The molecule has 5 nitrogen and oxygen atoms in total. The topological polar surface area (TPSA) is 57.3 Å². The highest BCUT2D eigenvalue weighted by molar-refractivity contribution is 6.22. The molecule has 0 radical (unpaired) electrons. The van der Waals surface area contributed by atoms with Gasteiger partial charge in [0.15, 0.2) is 0 Å². The predicted molar refractivity (Wildman–Crippen MR) is 99.0 cm³/mol. The van der Waals surface area contributed by atoms with Crippen LogP contribution < -0.4 is 10.2 Å². The Bertz CT molecular complexity index is 831. The maximum absolute atomic E-state index is 13.5. The highest BCUT2D eigenvalue weighted by Gasteiger charge is 2.53. The minimum Gasteiger partial charge on any atom is -0.310 e. The fourth-order valence-electron chi connectivity index (χ4n) is 4.31. The molecule has 1 aromatic heterocycles. The molecule has 4 rings (SSSR count). The number of fused-ring (bicyclic) bond motifs is 1. The van der Waals surface area contributed by atoms with Gasteiger partial charge in [-0.1, -0.05) is 0 Å². The summed E-state index contributed by atoms with van der Waals surface area (Å²) in [7, 11) is 0. The van der Waals surface area contributed by atoms with Crippen LogP contribution in [0.4, 0.5) is 4.39 Å². The van der Waals surface area contributed by atoms with Crippen molar-refractivity contribution < 1.29 is 9.18 Å². The smallest absolute Gasteiger partial charge is 0.251 e. The van der Waals surface area contributed by atoms with Crippen LogP contribution in [0, 0.1) is 11.2 Å². The molecule has 0 bridgehead atoms. The van der Waals surface area contributed by atoms with Crippen molar-refractivity contribution in [3.63, 3.8) is 0 Å². The number of benzene rings is 1. The number of rotatable bonds is 5. The van der Waals surface area contributed by atoms with E-state index in [1.165, 1.54) is 6.07 Å². The Morgan fingerprint density at radius 2 is 2.19 bits per heavy atom. The first kappa shape index (κ1) is 17.6. The number of hydrogen-bond donors (Lipinski definition) is 2. The average Bonchev–Trinajstić information content (AvgIpc) is 2.58. The number of hydrogen-bond acceptors (Lipinski definition) is 4. The van der Waals surface area contributed by atoms with Gasteiger partial charge in [-0.25, -0.2) is 4.39 Å². The van der Waals surface area contributed by atoms with Crippen LogP contribution in [-0.2, 0) is 11.3 Å². The first-order chi connectivity index (χ1) is 12.5. The summed E-state index contributed by atoms with van der Waals surface area (Å²) in [6.07, 6.45) is 3.98. The molecule has 1 aliphatic heterocycles. The van der Waals surface area contributed by atoms with Crippen LogP contribution in [0.3, 0.4) is 0 Å². The maximum atomic E-state index is 13.5. The Kier molecular flexibility index (Phi) is 4.59. The van der Waals surface area contributed by atoms with Crippen molar-refractivity contribution in [2.75, 3.05) is 13.1 Å². The number of halogens is 2. The standard InChI is InChI=1S/C19H22ClFN4O/c1-12(18(26)24-20)25-10-19(11-25)7-15(8-19)23-9-13-4-5-22-17-3-2-14(21)6-16(13)17/h2-6,12,15,23H,7-11H2,1H3,(H,24,26). The van der Waals surface area contributed by atoms with Gasteiger partial charge in [-0.05, 0) is 55.0 Å². The fourth-order valence-corrected chi connectivity index (χ4v) is 4.46. The van der Waals surface area contributed by atoms with Crippen molar-refractivity contribution >= 4 is 28.6 Å². The number of carbonyl (C=O) groups excluding carboxylic acids is 1. The van der Waals surface area contributed by atoms with Gasteiger partial charge in [0.05, 0.1) is 11.6 Å². The molecule has 1 saturated heterocycles. The maximum Gasteiger partial charge on any atom is 0.251 e. The van der Waals surface area contributed by atoms with Gasteiger partial charge in [0.1, 0.15) is 5.82 Å². The molecule has 138 valence electrons. The number of pyridine rings is 1. The van der Waals surface area contributed by atoms with Crippen molar-refractivity contribution in [2.24, 2.45) is 5.41 Å². The van der Waals surface area contributed by atoms with E-state index in [1.807, 2.05) is 13.0 Å². The van der Waals surface area contributed by atoms with Crippen molar-refractivity contribution in [1.82, 2.24) is 20.0 Å². The van der Waals surface area contributed by atoms with E-state index in [2.05, 4.69) is 20.0 Å². The van der Waals surface area contributed by atoms with Gasteiger partial charge in [0.25, 0.3) is 5.91 Å². The number of carbonyl (C=O) groups is 1. The van der Waals surface area contributed by atoms with Gasteiger partial charge in [0, 0.05) is 49.0 Å². The fraction of sp³-hybridized carbons (Fsp3) is 0.474. The van der Waals surface area contributed by atoms with E-state index in [0.29, 0.717) is 18.0 Å². The second kappa shape index (κ2) is 6.76. The molecule has 2 fully saturated rings.